The van der Waals surface area contributed by atoms with Crippen LogP contribution in [0.3, 0.4) is 0 Å². The molecule has 0 fully saturated rings. The summed E-state index contributed by atoms with van der Waals surface area (Å²) in [6, 6.07) is 11.9. The summed E-state index contributed by atoms with van der Waals surface area (Å²) in [5, 5.41) is 9.19. The number of rotatable bonds is 6. The molecule has 27 heavy (non-hydrogen) atoms. The number of pyridine rings is 1. The van der Waals surface area contributed by atoms with Gasteiger partial charge in [-0.3, -0.25) is 4.79 Å². The summed E-state index contributed by atoms with van der Waals surface area (Å²) in [4.78, 5) is 17.8. The normalized spacial score (nSPS) is 12.2. The van der Waals surface area contributed by atoms with Gasteiger partial charge in [0, 0.05) is 36.0 Å². The number of benzene rings is 1. The molecule has 1 aromatic carbocycles. The molecule has 3 aromatic rings. The summed E-state index contributed by atoms with van der Waals surface area (Å²) in [7, 11) is 4.07. The topological polar surface area (TPSA) is 66.0 Å². The van der Waals surface area contributed by atoms with Crippen molar-refractivity contribution in [2.75, 3.05) is 27.2 Å². The molecule has 0 bridgehead atoms. The Balaban J connectivity index is 2.05. The number of H-pyrrole nitrogens is 1. The van der Waals surface area contributed by atoms with Gasteiger partial charge in [0.1, 0.15) is 5.65 Å². The summed E-state index contributed by atoms with van der Waals surface area (Å²) in [6.45, 7) is 8.73. The fraction of sp³-hybridized carbons (Fsp3) is 0.429. The number of aromatic nitrogens is 3. The van der Waals surface area contributed by atoms with E-state index in [4.69, 9.17) is 5.10 Å². The average molecular weight is 367 g/mol. The van der Waals surface area contributed by atoms with E-state index in [1.807, 2.05) is 55.2 Å². The van der Waals surface area contributed by atoms with Crippen LogP contribution in [0.15, 0.2) is 41.2 Å². The molecule has 2 N–H and O–H groups in total. The molecule has 0 atom stereocenters. The summed E-state index contributed by atoms with van der Waals surface area (Å²) < 4.78 is 1.83. The second-order valence-corrected chi connectivity index (χ2v) is 8.21. The fourth-order valence-electron chi connectivity index (χ4n) is 3.08. The number of hydrogen-bond donors (Lipinski definition) is 2. The minimum absolute atomic E-state index is 0.0719. The molecular formula is C21H29N5O. The molecule has 0 aliphatic carbocycles. The van der Waals surface area contributed by atoms with Gasteiger partial charge in [0.15, 0.2) is 0 Å². The lowest BCUT2D eigenvalue weighted by atomic mass is 9.90. The molecule has 6 heteroatoms. The lowest BCUT2D eigenvalue weighted by Gasteiger charge is -2.15. The Labute approximate surface area is 160 Å². The maximum Gasteiger partial charge on any atom is 0.254 e. The van der Waals surface area contributed by atoms with Crippen molar-refractivity contribution in [2.24, 2.45) is 0 Å². The molecule has 3 rings (SSSR count). The highest BCUT2D eigenvalue weighted by molar-refractivity contribution is 5.81. The van der Waals surface area contributed by atoms with E-state index in [1.54, 1.807) is 0 Å². The van der Waals surface area contributed by atoms with Gasteiger partial charge in [0.05, 0.1) is 11.4 Å². The maximum atomic E-state index is 12.7. The van der Waals surface area contributed by atoms with E-state index in [2.05, 4.69) is 36.0 Å². The molecule has 2 aromatic heterocycles. The predicted molar refractivity (Wildman–Crippen MR) is 111 cm³/mol. The Kier molecular flexibility index (Phi) is 5.48. The van der Waals surface area contributed by atoms with E-state index in [0.717, 1.165) is 41.1 Å². The highest BCUT2D eigenvalue weighted by atomic mass is 16.1. The Morgan fingerprint density at radius 2 is 1.89 bits per heavy atom. The largest absolute Gasteiger partial charge is 0.311 e. The third-order valence-corrected chi connectivity index (χ3v) is 4.53. The van der Waals surface area contributed by atoms with Crippen LogP contribution in [-0.2, 0) is 12.0 Å². The molecule has 0 aliphatic heterocycles. The number of para-hydroxylation sites is 1. The molecule has 0 aliphatic rings. The van der Waals surface area contributed by atoms with Crippen molar-refractivity contribution >= 4 is 11.0 Å². The molecule has 0 saturated heterocycles. The van der Waals surface area contributed by atoms with Crippen LogP contribution in [0.2, 0.25) is 0 Å². The first-order valence-electron chi connectivity index (χ1n) is 9.33. The molecular weight excluding hydrogens is 338 g/mol. The van der Waals surface area contributed by atoms with Gasteiger partial charge in [-0.15, -0.1) is 0 Å². The van der Waals surface area contributed by atoms with E-state index in [9.17, 15) is 4.79 Å². The van der Waals surface area contributed by atoms with Gasteiger partial charge in [-0.25, -0.2) is 4.68 Å². The summed E-state index contributed by atoms with van der Waals surface area (Å²) in [5.74, 6) is 0. The summed E-state index contributed by atoms with van der Waals surface area (Å²) in [5.41, 5.74) is 3.19. The number of nitrogens with one attached hydrogen (secondary N) is 2. The number of likely N-dealkylation sites (N-methyl/N-ethyl adjacent to an activating group) is 1. The van der Waals surface area contributed by atoms with Crippen molar-refractivity contribution in [1.29, 1.82) is 0 Å². The van der Waals surface area contributed by atoms with Gasteiger partial charge >= 0.3 is 0 Å². The quantitative estimate of drug-likeness (QED) is 0.658. The predicted octanol–water partition coefficient (Wildman–Crippen LogP) is 2.66. The fourth-order valence-corrected chi connectivity index (χ4v) is 3.08. The first-order chi connectivity index (χ1) is 12.8. The van der Waals surface area contributed by atoms with Crippen molar-refractivity contribution in [3.8, 4) is 5.69 Å². The van der Waals surface area contributed by atoms with E-state index in [1.165, 1.54) is 0 Å². The zero-order valence-corrected chi connectivity index (χ0v) is 16.8. The van der Waals surface area contributed by atoms with Crippen molar-refractivity contribution in [2.45, 2.75) is 32.7 Å². The van der Waals surface area contributed by atoms with E-state index < -0.39 is 0 Å². The monoisotopic (exact) mass is 367 g/mol. The smallest absolute Gasteiger partial charge is 0.254 e. The van der Waals surface area contributed by atoms with Gasteiger partial charge in [-0.2, -0.15) is 5.10 Å². The van der Waals surface area contributed by atoms with Crippen LogP contribution in [0, 0.1) is 0 Å². The van der Waals surface area contributed by atoms with Crippen LogP contribution in [0.25, 0.3) is 16.7 Å². The van der Waals surface area contributed by atoms with Crippen molar-refractivity contribution in [3.63, 3.8) is 0 Å². The number of fused-ring (bicyclic) bond motifs is 1. The Hall–Kier alpha value is -2.44. The second-order valence-electron chi connectivity index (χ2n) is 8.21. The van der Waals surface area contributed by atoms with Crippen molar-refractivity contribution in [1.82, 2.24) is 25.0 Å². The Morgan fingerprint density at radius 3 is 2.52 bits per heavy atom. The second kappa shape index (κ2) is 7.66. The number of hydrogen-bond acceptors (Lipinski definition) is 4. The lowest BCUT2D eigenvalue weighted by molar-refractivity contribution is 0.400. The van der Waals surface area contributed by atoms with E-state index >= 15 is 0 Å². The van der Waals surface area contributed by atoms with Crippen molar-refractivity contribution in [3.05, 3.63) is 58.0 Å². The minimum atomic E-state index is -0.133. The van der Waals surface area contributed by atoms with Crippen molar-refractivity contribution < 1.29 is 0 Å². The van der Waals surface area contributed by atoms with Gasteiger partial charge in [0.2, 0.25) is 0 Å². The van der Waals surface area contributed by atoms with Crippen LogP contribution in [0.4, 0.5) is 0 Å². The van der Waals surface area contributed by atoms with Crippen LogP contribution in [-0.4, -0.2) is 46.8 Å². The minimum Gasteiger partial charge on any atom is -0.311 e. The highest BCUT2D eigenvalue weighted by Crippen LogP contribution is 2.29. The average Bonchev–Trinajstić information content (AvgIpc) is 2.98. The standard InChI is InChI=1S/C21H29N5O/c1-21(2,3)18-17-13-15(14-22-11-12-25(4)5)20(27)23-19(17)26(24-18)16-9-7-6-8-10-16/h6-10,13,22H,11-12,14H2,1-5H3,(H,23,27). The molecule has 0 amide bonds. The maximum absolute atomic E-state index is 12.7. The summed E-state index contributed by atoms with van der Waals surface area (Å²) in [6.07, 6.45) is 0. The van der Waals surface area contributed by atoms with Crippen LogP contribution < -0.4 is 10.9 Å². The third-order valence-electron chi connectivity index (χ3n) is 4.53. The Morgan fingerprint density at radius 1 is 1.19 bits per heavy atom. The Bertz CT molecular complexity index is 964. The summed E-state index contributed by atoms with van der Waals surface area (Å²) >= 11 is 0. The molecule has 0 saturated carbocycles. The molecule has 0 unspecified atom stereocenters. The van der Waals surface area contributed by atoms with Crippen LogP contribution in [0.5, 0.6) is 0 Å². The van der Waals surface area contributed by atoms with Gasteiger partial charge in [-0.1, -0.05) is 39.0 Å². The molecule has 6 nitrogen and oxygen atoms in total. The van der Waals surface area contributed by atoms with E-state index in [-0.39, 0.29) is 11.0 Å². The highest BCUT2D eigenvalue weighted by Gasteiger charge is 2.24. The zero-order chi connectivity index (χ0) is 19.6. The molecule has 2 heterocycles. The molecule has 0 radical (unpaired) electrons. The SMILES string of the molecule is CN(C)CCNCc1cc2c(C(C)(C)C)nn(-c3ccccc3)c2[nH]c1=O. The van der Waals surface area contributed by atoms with E-state index in [0.29, 0.717) is 6.54 Å². The van der Waals surface area contributed by atoms with Crippen LogP contribution in [0.1, 0.15) is 32.0 Å². The molecule has 144 valence electrons. The number of nitrogens with zero attached hydrogens (tertiary/aromatic N) is 3. The molecule has 0 spiro atoms. The first kappa shape index (κ1) is 19.3. The first-order valence-corrected chi connectivity index (χ1v) is 9.33. The third kappa shape index (κ3) is 4.28. The van der Waals surface area contributed by atoms with Gasteiger partial charge in [0.25, 0.3) is 5.56 Å². The van der Waals surface area contributed by atoms with Gasteiger partial charge in [-0.05, 0) is 32.3 Å². The lowest BCUT2D eigenvalue weighted by Crippen LogP contribution is -2.28. The number of aromatic amines is 1. The van der Waals surface area contributed by atoms with Gasteiger partial charge < -0.3 is 15.2 Å². The van der Waals surface area contributed by atoms with Crippen LogP contribution >= 0.6 is 0 Å². The zero-order valence-electron chi connectivity index (χ0n) is 16.8.